The molecule has 1 saturated heterocycles. The molecule has 0 saturated carbocycles. The van der Waals surface area contributed by atoms with E-state index >= 15 is 0 Å². The van der Waals surface area contributed by atoms with Gasteiger partial charge >= 0.3 is 6.18 Å². The Morgan fingerprint density at radius 2 is 1.91 bits per heavy atom. The van der Waals surface area contributed by atoms with Crippen LogP contribution in [0.1, 0.15) is 45.4 Å². The highest BCUT2D eigenvalue weighted by molar-refractivity contribution is 6.02. The Labute approximate surface area is 125 Å². The van der Waals surface area contributed by atoms with Crippen LogP contribution in [0.5, 0.6) is 0 Å². The summed E-state index contributed by atoms with van der Waals surface area (Å²) in [5, 5.41) is 9.63. The number of aryl methyl sites for hydroxylation is 1. The second-order valence-electron chi connectivity index (χ2n) is 5.69. The number of aliphatic hydroxyl groups is 1. The molecule has 1 amide bonds. The van der Waals surface area contributed by atoms with Crippen molar-refractivity contribution in [3.05, 3.63) is 22.5 Å². The van der Waals surface area contributed by atoms with Gasteiger partial charge in [0.15, 0.2) is 11.4 Å². The molecule has 2 heterocycles. The number of likely N-dealkylation sites (tertiary alicyclic amines) is 1. The quantitative estimate of drug-likeness (QED) is 0.819. The third-order valence-corrected chi connectivity index (χ3v) is 4.07. The number of carbonyl (C=O) groups is 2. The van der Waals surface area contributed by atoms with E-state index in [9.17, 15) is 27.9 Å². The van der Waals surface area contributed by atoms with Gasteiger partial charge in [0.1, 0.15) is 5.69 Å². The lowest BCUT2D eigenvalue weighted by Crippen LogP contribution is -2.48. The zero-order chi connectivity index (χ0) is 16.9. The number of hydrogen-bond acceptors (Lipinski definition) is 3. The molecule has 1 aliphatic heterocycles. The van der Waals surface area contributed by atoms with E-state index in [1.54, 1.807) is 13.8 Å². The number of amides is 1. The minimum atomic E-state index is -4.78. The van der Waals surface area contributed by atoms with E-state index in [1.807, 2.05) is 0 Å². The highest BCUT2D eigenvalue weighted by Gasteiger charge is 2.58. The maximum absolute atomic E-state index is 12.8. The Kier molecular flexibility index (Phi) is 3.85. The highest BCUT2D eigenvalue weighted by Crippen LogP contribution is 2.38. The van der Waals surface area contributed by atoms with E-state index in [0.717, 1.165) is 4.90 Å². The summed E-state index contributed by atoms with van der Waals surface area (Å²) in [6.45, 7) is 3.55. The summed E-state index contributed by atoms with van der Waals surface area (Å²) in [4.78, 5) is 27.6. The fourth-order valence-corrected chi connectivity index (χ4v) is 2.85. The first-order valence-electron chi connectivity index (χ1n) is 6.76. The second kappa shape index (κ2) is 5.12. The molecule has 0 bridgehead atoms. The predicted octanol–water partition coefficient (Wildman–Crippen LogP) is 1.97. The first kappa shape index (κ1) is 16.5. The van der Waals surface area contributed by atoms with Crippen LogP contribution in [0.25, 0.3) is 0 Å². The van der Waals surface area contributed by atoms with Crippen molar-refractivity contribution in [1.29, 1.82) is 0 Å². The lowest BCUT2D eigenvalue weighted by Gasteiger charge is -2.25. The molecule has 1 fully saturated rings. The predicted molar refractivity (Wildman–Crippen MR) is 71.8 cm³/mol. The average Bonchev–Trinajstić information content (AvgIpc) is 2.90. The van der Waals surface area contributed by atoms with Crippen LogP contribution in [-0.2, 0) is 0 Å². The van der Waals surface area contributed by atoms with Gasteiger partial charge in [0.2, 0.25) is 0 Å². The van der Waals surface area contributed by atoms with Crippen molar-refractivity contribution < 1.29 is 27.9 Å². The lowest BCUT2D eigenvalue weighted by atomic mass is 10.0. The van der Waals surface area contributed by atoms with Crippen LogP contribution in [-0.4, -0.2) is 51.5 Å². The van der Waals surface area contributed by atoms with Crippen LogP contribution in [0.4, 0.5) is 13.2 Å². The van der Waals surface area contributed by atoms with E-state index < -0.39 is 30.7 Å². The van der Waals surface area contributed by atoms with Gasteiger partial charge in [-0.05, 0) is 26.3 Å². The smallest absolute Gasteiger partial charge is 0.379 e. The molecule has 1 aliphatic rings. The molecule has 122 valence electrons. The van der Waals surface area contributed by atoms with Gasteiger partial charge in [-0.3, -0.25) is 9.59 Å². The normalized spacial score (nSPS) is 22.2. The maximum Gasteiger partial charge on any atom is 0.419 e. The van der Waals surface area contributed by atoms with E-state index in [1.165, 1.54) is 6.92 Å². The van der Waals surface area contributed by atoms with E-state index in [-0.39, 0.29) is 18.0 Å². The minimum Gasteiger partial charge on any atom is -0.379 e. The molecule has 1 aromatic rings. The second-order valence-corrected chi connectivity index (χ2v) is 5.69. The van der Waals surface area contributed by atoms with Gasteiger partial charge in [-0.25, -0.2) is 0 Å². The third kappa shape index (κ3) is 2.51. The number of halogens is 3. The molecule has 0 aliphatic carbocycles. The summed E-state index contributed by atoms with van der Waals surface area (Å²) in [5.74, 6) is -0.869. The number of aromatic amines is 1. The Morgan fingerprint density at radius 1 is 1.32 bits per heavy atom. The van der Waals surface area contributed by atoms with Crippen molar-refractivity contribution in [1.82, 2.24) is 9.88 Å². The van der Waals surface area contributed by atoms with Crippen LogP contribution < -0.4 is 0 Å². The molecule has 0 aromatic carbocycles. The molecule has 0 spiro atoms. The van der Waals surface area contributed by atoms with Crippen molar-refractivity contribution in [2.45, 2.75) is 39.0 Å². The first-order valence-corrected chi connectivity index (χ1v) is 6.76. The Morgan fingerprint density at radius 3 is 2.32 bits per heavy atom. The van der Waals surface area contributed by atoms with E-state index in [4.69, 9.17) is 0 Å². The summed E-state index contributed by atoms with van der Waals surface area (Å²) in [7, 11) is 0. The zero-order valence-electron chi connectivity index (χ0n) is 12.5. The monoisotopic (exact) mass is 318 g/mol. The van der Waals surface area contributed by atoms with Crippen molar-refractivity contribution in [2.24, 2.45) is 0 Å². The first-order chi connectivity index (χ1) is 9.98. The van der Waals surface area contributed by atoms with Crippen molar-refractivity contribution in [2.75, 3.05) is 13.1 Å². The fraction of sp³-hybridized carbons (Fsp3) is 0.571. The summed E-state index contributed by atoms with van der Waals surface area (Å²) in [5.41, 5.74) is -1.50. The van der Waals surface area contributed by atoms with Crippen molar-refractivity contribution in [3.8, 4) is 0 Å². The number of nitrogens with one attached hydrogen (secondary N) is 1. The average molecular weight is 318 g/mol. The lowest BCUT2D eigenvalue weighted by molar-refractivity contribution is -0.253. The molecule has 0 radical (unpaired) electrons. The largest absolute Gasteiger partial charge is 0.419 e. The van der Waals surface area contributed by atoms with E-state index in [2.05, 4.69) is 4.98 Å². The molecular formula is C14H17F3N2O3. The number of β-amino-alcohol motifs (C(OH)–C–C–N with tert-alkyl or cyclic N) is 1. The molecule has 1 unspecified atom stereocenters. The van der Waals surface area contributed by atoms with Crippen LogP contribution in [0.2, 0.25) is 0 Å². The van der Waals surface area contributed by atoms with Gasteiger partial charge in [0.05, 0.1) is 6.54 Å². The molecule has 2 N–H and O–H groups in total. The molecule has 5 nitrogen and oxygen atoms in total. The number of H-pyrrole nitrogens is 1. The number of alkyl halides is 3. The van der Waals surface area contributed by atoms with Gasteiger partial charge in [-0.1, -0.05) is 0 Å². The third-order valence-electron chi connectivity index (χ3n) is 4.07. The molecular weight excluding hydrogens is 301 g/mol. The number of Topliss-reactive ketones (excluding diaryl/α,β-unsaturated/α-hetero) is 1. The van der Waals surface area contributed by atoms with Crippen LogP contribution >= 0.6 is 0 Å². The Bertz CT molecular complexity index is 636. The summed E-state index contributed by atoms with van der Waals surface area (Å²) < 4.78 is 38.4. The van der Waals surface area contributed by atoms with Crippen LogP contribution in [0.3, 0.4) is 0 Å². The Hall–Kier alpha value is -1.83. The molecule has 1 aromatic heterocycles. The zero-order valence-corrected chi connectivity index (χ0v) is 12.5. The summed E-state index contributed by atoms with van der Waals surface area (Å²) in [6, 6.07) is 0. The SMILES string of the molecule is CC(=O)c1c(C)[nH]c(C(=O)N2CCC(O)(C(F)(F)F)C2)c1C. The minimum absolute atomic E-state index is 0.0918. The maximum atomic E-state index is 12.8. The van der Waals surface area contributed by atoms with Crippen LogP contribution in [0, 0.1) is 13.8 Å². The number of rotatable bonds is 2. The molecule has 22 heavy (non-hydrogen) atoms. The van der Waals surface area contributed by atoms with Crippen molar-refractivity contribution >= 4 is 11.7 Å². The molecule has 2 rings (SSSR count). The standard InChI is InChI=1S/C14H17F3N2O3/c1-7-10(9(3)20)8(2)18-11(7)12(21)19-5-4-13(22,6-19)14(15,16)17/h18,22H,4-6H2,1-3H3. The highest BCUT2D eigenvalue weighted by atomic mass is 19.4. The van der Waals surface area contributed by atoms with E-state index in [0.29, 0.717) is 16.8 Å². The number of carbonyl (C=O) groups excluding carboxylic acids is 2. The molecule has 1 atom stereocenters. The Balaban J connectivity index is 2.28. The summed E-state index contributed by atoms with van der Waals surface area (Å²) in [6.07, 6.45) is -5.34. The van der Waals surface area contributed by atoms with Gasteiger partial charge in [0.25, 0.3) is 5.91 Å². The number of aromatic nitrogens is 1. The van der Waals surface area contributed by atoms with Gasteiger partial charge < -0.3 is 15.0 Å². The summed E-state index contributed by atoms with van der Waals surface area (Å²) >= 11 is 0. The molecule has 8 heteroatoms. The number of hydrogen-bond donors (Lipinski definition) is 2. The number of nitrogens with zero attached hydrogens (tertiary/aromatic N) is 1. The number of ketones is 1. The van der Waals surface area contributed by atoms with Gasteiger partial charge in [0, 0.05) is 24.2 Å². The van der Waals surface area contributed by atoms with Gasteiger partial charge in [-0.2, -0.15) is 13.2 Å². The van der Waals surface area contributed by atoms with Crippen LogP contribution in [0.15, 0.2) is 0 Å². The fourth-order valence-electron chi connectivity index (χ4n) is 2.85. The van der Waals surface area contributed by atoms with Crippen molar-refractivity contribution in [3.63, 3.8) is 0 Å². The van der Waals surface area contributed by atoms with Gasteiger partial charge in [-0.15, -0.1) is 0 Å². The topological polar surface area (TPSA) is 73.4 Å².